The van der Waals surface area contributed by atoms with Crippen LogP contribution in [0, 0.1) is 0 Å². The first kappa shape index (κ1) is 10.4. The summed E-state index contributed by atoms with van der Waals surface area (Å²) in [5.74, 6) is 0. The lowest BCUT2D eigenvalue weighted by Crippen LogP contribution is -1.55. The van der Waals surface area contributed by atoms with Crippen molar-refractivity contribution in [3.63, 3.8) is 0 Å². The van der Waals surface area contributed by atoms with Gasteiger partial charge in [0, 0.05) is 0 Å². The van der Waals surface area contributed by atoms with E-state index in [1.807, 2.05) is 0 Å². The van der Waals surface area contributed by atoms with Crippen LogP contribution in [0.1, 0.15) is 0 Å². The lowest BCUT2D eigenvalue weighted by Gasteiger charge is -1.69. The molecule has 0 radical (unpaired) electrons. The highest BCUT2D eigenvalue weighted by molar-refractivity contribution is 6.63. The molecule has 0 saturated heterocycles. The number of rotatable bonds is 0. The Morgan fingerprint density at radius 3 is 1.43 bits per heavy atom. The van der Waals surface area contributed by atoms with Gasteiger partial charge in [0.25, 0.3) is 0 Å². The maximum absolute atomic E-state index is 7.33. The minimum absolute atomic E-state index is 0.750. The molecule has 4 heteroatoms. The summed E-state index contributed by atoms with van der Waals surface area (Å²) in [7, 11) is 0. The van der Waals surface area contributed by atoms with E-state index < -0.39 is 4.30 Å². The van der Waals surface area contributed by atoms with E-state index in [0.29, 0.717) is 0 Å². The molecule has 44 valence electrons. The third-order valence-electron chi connectivity index (χ3n) is 0. The Hall–Kier alpha value is 0.410. The number of halogens is 3. The van der Waals surface area contributed by atoms with Gasteiger partial charge in [-0.2, -0.15) is 0 Å². The first-order chi connectivity index (χ1) is 3.15. The molecule has 0 bridgehead atoms. The standard InChI is InChI=1S/C2H4O.CHCl3/c1-2-3;2-1(3)4/h2-3H,1H2;1H. The van der Waals surface area contributed by atoms with Gasteiger partial charge in [0.2, 0.25) is 0 Å². The molecule has 0 fully saturated rings. The molecular weight excluding hydrogens is 158 g/mol. The Labute approximate surface area is 57.5 Å². The third kappa shape index (κ3) is 742. The highest BCUT2D eigenvalue weighted by atomic mass is 35.6. The van der Waals surface area contributed by atoms with E-state index >= 15 is 0 Å². The van der Waals surface area contributed by atoms with Crippen molar-refractivity contribution in [2.75, 3.05) is 0 Å². The number of alkyl halides is 3. The fourth-order valence-electron chi connectivity index (χ4n) is 0. The lowest BCUT2D eigenvalue weighted by atomic mass is 11.2. The van der Waals surface area contributed by atoms with Crippen molar-refractivity contribution in [2.24, 2.45) is 0 Å². The van der Waals surface area contributed by atoms with Crippen LogP contribution in [0.25, 0.3) is 0 Å². The molecule has 0 unspecified atom stereocenters. The lowest BCUT2D eigenvalue weighted by molar-refractivity contribution is 0.476. The van der Waals surface area contributed by atoms with E-state index in [4.69, 9.17) is 39.9 Å². The predicted octanol–water partition coefficient (Wildman–Crippen LogP) is 2.67. The van der Waals surface area contributed by atoms with Gasteiger partial charge in [-0.15, -0.1) is 0 Å². The molecular formula is C3H5Cl3O. The first-order valence-electron chi connectivity index (χ1n) is 1.32. The molecule has 0 aliphatic rings. The van der Waals surface area contributed by atoms with Crippen LogP contribution in [0.5, 0.6) is 0 Å². The molecule has 0 amide bonds. The molecule has 0 saturated carbocycles. The van der Waals surface area contributed by atoms with Crippen molar-refractivity contribution in [3.05, 3.63) is 12.8 Å². The predicted molar refractivity (Wildman–Crippen MR) is 34.2 cm³/mol. The zero-order valence-electron chi connectivity index (χ0n) is 3.44. The first-order valence-corrected chi connectivity index (χ1v) is 2.63. The zero-order chi connectivity index (χ0) is 6.28. The van der Waals surface area contributed by atoms with Crippen LogP contribution in [0.15, 0.2) is 12.8 Å². The summed E-state index contributed by atoms with van der Waals surface area (Å²) < 4.78 is -0.750. The Balaban J connectivity index is 0. The number of aliphatic hydroxyl groups is 1. The Morgan fingerprint density at radius 2 is 1.43 bits per heavy atom. The van der Waals surface area contributed by atoms with Crippen molar-refractivity contribution < 1.29 is 5.11 Å². The summed E-state index contributed by atoms with van der Waals surface area (Å²) in [6.07, 6.45) is 0.750. The van der Waals surface area contributed by atoms with Crippen LogP contribution >= 0.6 is 34.8 Å². The Morgan fingerprint density at radius 1 is 1.43 bits per heavy atom. The smallest absolute Gasteiger partial charge is 0.180 e. The van der Waals surface area contributed by atoms with Gasteiger partial charge in [0.15, 0.2) is 4.30 Å². The quantitative estimate of drug-likeness (QED) is 0.430. The average molecular weight is 163 g/mol. The van der Waals surface area contributed by atoms with Crippen LogP contribution in [-0.4, -0.2) is 9.40 Å². The van der Waals surface area contributed by atoms with Crippen LogP contribution in [0.3, 0.4) is 0 Å². The number of hydrogen-bond donors (Lipinski definition) is 1. The van der Waals surface area contributed by atoms with Crippen molar-refractivity contribution in [2.45, 2.75) is 4.30 Å². The van der Waals surface area contributed by atoms with Gasteiger partial charge < -0.3 is 5.11 Å². The Kier molecular flexibility index (Phi) is 14.3. The highest BCUT2D eigenvalue weighted by Gasteiger charge is 1.78. The van der Waals surface area contributed by atoms with E-state index in [1.165, 1.54) is 0 Å². The van der Waals surface area contributed by atoms with Gasteiger partial charge in [-0.05, 0) is 0 Å². The molecule has 0 aromatic rings. The summed E-state index contributed by atoms with van der Waals surface area (Å²) >= 11 is 14.4. The fourth-order valence-corrected chi connectivity index (χ4v) is 0. The number of aliphatic hydroxyl groups excluding tert-OH is 1. The van der Waals surface area contributed by atoms with Crippen LogP contribution < -0.4 is 0 Å². The van der Waals surface area contributed by atoms with Crippen molar-refractivity contribution in [3.8, 4) is 0 Å². The van der Waals surface area contributed by atoms with Crippen LogP contribution in [0.2, 0.25) is 0 Å². The second-order valence-electron chi connectivity index (χ2n) is 0.430. The van der Waals surface area contributed by atoms with Gasteiger partial charge in [-0.25, -0.2) is 0 Å². The minimum Gasteiger partial charge on any atom is -0.516 e. The summed E-state index contributed by atoms with van der Waals surface area (Å²) in [5, 5.41) is 7.33. The molecule has 0 atom stereocenters. The van der Waals surface area contributed by atoms with Crippen molar-refractivity contribution >= 4 is 34.8 Å². The summed E-state index contributed by atoms with van der Waals surface area (Å²) in [6.45, 7) is 2.92. The second kappa shape index (κ2) is 9.65. The zero-order valence-corrected chi connectivity index (χ0v) is 5.71. The summed E-state index contributed by atoms with van der Waals surface area (Å²) in [5.41, 5.74) is 0. The largest absolute Gasteiger partial charge is 0.516 e. The van der Waals surface area contributed by atoms with Gasteiger partial charge in [0.1, 0.15) is 0 Å². The molecule has 0 rings (SSSR count). The van der Waals surface area contributed by atoms with E-state index in [2.05, 4.69) is 6.58 Å². The highest BCUT2D eigenvalue weighted by Crippen LogP contribution is 2.03. The fraction of sp³-hybridized carbons (Fsp3) is 0.333. The molecule has 0 spiro atoms. The van der Waals surface area contributed by atoms with Gasteiger partial charge >= 0.3 is 0 Å². The number of hydrogen-bond acceptors (Lipinski definition) is 1. The molecule has 7 heavy (non-hydrogen) atoms. The van der Waals surface area contributed by atoms with Crippen molar-refractivity contribution in [1.29, 1.82) is 0 Å². The molecule has 0 aromatic heterocycles. The van der Waals surface area contributed by atoms with E-state index in [0.717, 1.165) is 6.26 Å². The Bertz CT molecular complexity index is 34.4. The normalized spacial score (nSPS) is 6.86. The van der Waals surface area contributed by atoms with Crippen LogP contribution in [-0.2, 0) is 0 Å². The van der Waals surface area contributed by atoms with E-state index in [1.54, 1.807) is 0 Å². The average Bonchev–Trinajstić information content (AvgIpc) is 1.33. The molecule has 1 N–H and O–H groups in total. The summed E-state index contributed by atoms with van der Waals surface area (Å²) in [4.78, 5) is 0. The molecule has 0 aromatic carbocycles. The maximum atomic E-state index is 7.33. The molecule has 0 heterocycles. The molecule has 1 nitrogen and oxygen atoms in total. The SMILES string of the molecule is C=CO.ClC(Cl)Cl. The van der Waals surface area contributed by atoms with Crippen molar-refractivity contribution in [1.82, 2.24) is 0 Å². The summed E-state index contributed by atoms with van der Waals surface area (Å²) in [6, 6.07) is 0. The van der Waals surface area contributed by atoms with Gasteiger partial charge in [-0.3, -0.25) is 0 Å². The van der Waals surface area contributed by atoms with Gasteiger partial charge in [0.05, 0.1) is 6.26 Å². The van der Waals surface area contributed by atoms with Gasteiger partial charge in [-0.1, -0.05) is 41.4 Å². The van der Waals surface area contributed by atoms with E-state index in [9.17, 15) is 0 Å². The third-order valence-corrected chi connectivity index (χ3v) is 0. The molecule has 0 aliphatic carbocycles. The monoisotopic (exact) mass is 162 g/mol. The van der Waals surface area contributed by atoms with Crippen LogP contribution in [0.4, 0.5) is 0 Å². The topological polar surface area (TPSA) is 20.2 Å². The minimum atomic E-state index is -0.750. The molecule has 0 aliphatic heterocycles. The second-order valence-corrected chi connectivity index (χ2v) is 2.41. The van der Waals surface area contributed by atoms with E-state index in [-0.39, 0.29) is 0 Å². The maximum Gasteiger partial charge on any atom is 0.180 e.